The van der Waals surface area contributed by atoms with Crippen molar-refractivity contribution in [2.24, 2.45) is 0 Å². The quantitative estimate of drug-likeness (QED) is 0.809. The lowest BCUT2D eigenvalue weighted by Crippen LogP contribution is -2.20. The molecule has 5 heteroatoms. The van der Waals surface area contributed by atoms with E-state index >= 15 is 0 Å². The Kier molecular flexibility index (Phi) is 4.25. The number of aromatic nitrogens is 1. The number of carboxylic acids is 1. The predicted molar refractivity (Wildman–Crippen MR) is 60.0 cm³/mol. The number of likely N-dealkylation sites (N-methyl/N-ethyl adjacent to an activating group) is 1. The van der Waals surface area contributed by atoms with Crippen LogP contribution in [0.5, 0.6) is 5.88 Å². The minimum Gasteiger partial charge on any atom is -0.477 e. The van der Waals surface area contributed by atoms with Gasteiger partial charge in [0.15, 0.2) is 0 Å². The molecule has 0 spiro atoms. The molecule has 0 radical (unpaired) electrons. The highest BCUT2D eigenvalue weighted by Gasteiger charge is 2.12. The molecule has 0 bridgehead atoms. The Morgan fingerprint density at radius 3 is 2.75 bits per heavy atom. The number of ether oxygens (including phenoxy) is 1. The number of aryl methyl sites for hydroxylation is 1. The van der Waals surface area contributed by atoms with Gasteiger partial charge in [-0.15, -0.1) is 0 Å². The molecule has 16 heavy (non-hydrogen) atoms. The molecule has 0 saturated carbocycles. The summed E-state index contributed by atoms with van der Waals surface area (Å²) in [5.74, 6) is -0.832. The van der Waals surface area contributed by atoms with E-state index in [1.54, 1.807) is 13.0 Å². The summed E-state index contributed by atoms with van der Waals surface area (Å²) in [6.07, 6.45) is 0. The van der Waals surface area contributed by atoms with Crippen LogP contribution in [0.3, 0.4) is 0 Å². The highest BCUT2D eigenvalue weighted by atomic mass is 16.5. The second kappa shape index (κ2) is 5.46. The van der Waals surface area contributed by atoms with E-state index in [1.165, 1.54) is 6.07 Å². The fourth-order valence-electron chi connectivity index (χ4n) is 1.13. The lowest BCUT2D eigenvalue weighted by molar-refractivity contribution is 0.0691. The van der Waals surface area contributed by atoms with Gasteiger partial charge >= 0.3 is 5.97 Å². The van der Waals surface area contributed by atoms with Gasteiger partial charge in [0.05, 0.1) is 0 Å². The van der Waals surface area contributed by atoms with E-state index in [-0.39, 0.29) is 11.4 Å². The Hall–Kier alpha value is -1.62. The number of carbonyl (C=O) groups is 1. The molecule has 0 aliphatic carbocycles. The van der Waals surface area contributed by atoms with Crippen molar-refractivity contribution in [1.82, 2.24) is 9.88 Å². The molecular weight excluding hydrogens is 208 g/mol. The molecule has 0 saturated heterocycles. The SMILES string of the molecule is Cc1ccc(C(=O)O)c(OCCN(C)C)n1. The fourth-order valence-corrected chi connectivity index (χ4v) is 1.13. The van der Waals surface area contributed by atoms with Crippen LogP contribution in [-0.4, -0.2) is 48.2 Å². The first kappa shape index (κ1) is 12.4. The van der Waals surface area contributed by atoms with Crippen LogP contribution in [0.25, 0.3) is 0 Å². The molecule has 1 rings (SSSR count). The first-order valence-electron chi connectivity index (χ1n) is 4.99. The van der Waals surface area contributed by atoms with Gasteiger partial charge in [-0.1, -0.05) is 0 Å². The van der Waals surface area contributed by atoms with Crippen LogP contribution >= 0.6 is 0 Å². The molecule has 5 nitrogen and oxygen atoms in total. The van der Waals surface area contributed by atoms with Gasteiger partial charge in [0.1, 0.15) is 12.2 Å². The number of nitrogens with zero attached hydrogens (tertiary/aromatic N) is 2. The van der Waals surface area contributed by atoms with Crippen LogP contribution in [0.15, 0.2) is 12.1 Å². The van der Waals surface area contributed by atoms with Crippen molar-refractivity contribution in [1.29, 1.82) is 0 Å². The summed E-state index contributed by atoms with van der Waals surface area (Å²) in [6, 6.07) is 3.16. The van der Waals surface area contributed by atoms with E-state index in [2.05, 4.69) is 4.98 Å². The zero-order valence-electron chi connectivity index (χ0n) is 9.73. The van der Waals surface area contributed by atoms with Crippen molar-refractivity contribution in [2.45, 2.75) is 6.92 Å². The molecule has 0 aliphatic rings. The summed E-state index contributed by atoms with van der Waals surface area (Å²) in [6.45, 7) is 2.93. The molecule has 0 unspecified atom stereocenters. The monoisotopic (exact) mass is 224 g/mol. The highest BCUT2D eigenvalue weighted by molar-refractivity contribution is 5.90. The first-order chi connectivity index (χ1) is 7.50. The second-order valence-electron chi connectivity index (χ2n) is 3.76. The predicted octanol–water partition coefficient (Wildman–Crippen LogP) is 1.03. The van der Waals surface area contributed by atoms with Gasteiger partial charge in [-0.25, -0.2) is 9.78 Å². The third-order valence-corrected chi connectivity index (χ3v) is 2.01. The van der Waals surface area contributed by atoms with Gasteiger partial charge in [0.2, 0.25) is 5.88 Å². The van der Waals surface area contributed by atoms with Crippen LogP contribution < -0.4 is 4.74 Å². The molecule has 0 atom stereocenters. The molecule has 0 aromatic carbocycles. The van der Waals surface area contributed by atoms with E-state index in [1.807, 2.05) is 19.0 Å². The number of pyridine rings is 1. The number of hydrogen-bond donors (Lipinski definition) is 1. The minimum absolute atomic E-state index is 0.101. The van der Waals surface area contributed by atoms with Gasteiger partial charge < -0.3 is 14.7 Å². The summed E-state index contributed by atoms with van der Waals surface area (Å²) < 4.78 is 5.36. The Labute approximate surface area is 94.7 Å². The zero-order chi connectivity index (χ0) is 12.1. The molecule has 1 aromatic rings. The minimum atomic E-state index is -1.02. The average Bonchev–Trinajstić information content (AvgIpc) is 2.16. The molecule has 0 fully saturated rings. The van der Waals surface area contributed by atoms with E-state index in [0.717, 1.165) is 5.69 Å². The van der Waals surface area contributed by atoms with E-state index in [9.17, 15) is 4.79 Å². The van der Waals surface area contributed by atoms with Crippen LogP contribution in [0.4, 0.5) is 0 Å². The molecule has 1 heterocycles. The third-order valence-electron chi connectivity index (χ3n) is 2.01. The largest absolute Gasteiger partial charge is 0.477 e. The molecule has 1 aromatic heterocycles. The summed E-state index contributed by atoms with van der Waals surface area (Å²) in [5, 5.41) is 8.93. The molecule has 88 valence electrons. The Morgan fingerprint density at radius 2 is 2.19 bits per heavy atom. The maximum Gasteiger partial charge on any atom is 0.341 e. The highest BCUT2D eigenvalue weighted by Crippen LogP contribution is 2.15. The smallest absolute Gasteiger partial charge is 0.341 e. The van der Waals surface area contributed by atoms with E-state index in [0.29, 0.717) is 13.2 Å². The van der Waals surface area contributed by atoms with Crippen molar-refractivity contribution in [3.63, 3.8) is 0 Å². The van der Waals surface area contributed by atoms with Crippen molar-refractivity contribution in [3.05, 3.63) is 23.4 Å². The molecular formula is C11H16N2O3. The first-order valence-corrected chi connectivity index (χ1v) is 4.99. The van der Waals surface area contributed by atoms with Crippen molar-refractivity contribution >= 4 is 5.97 Å². The van der Waals surface area contributed by atoms with Crippen molar-refractivity contribution in [3.8, 4) is 5.88 Å². The van der Waals surface area contributed by atoms with Crippen LogP contribution in [0.2, 0.25) is 0 Å². The topological polar surface area (TPSA) is 62.7 Å². The third kappa shape index (κ3) is 3.51. The van der Waals surface area contributed by atoms with Crippen molar-refractivity contribution in [2.75, 3.05) is 27.2 Å². The number of aromatic carboxylic acids is 1. The molecule has 1 N–H and O–H groups in total. The zero-order valence-corrected chi connectivity index (χ0v) is 9.73. The fraction of sp³-hybridized carbons (Fsp3) is 0.455. The van der Waals surface area contributed by atoms with Gasteiger partial charge in [-0.3, -0.25) is 0 Å². The van der Waals surface area contributed by atoms with Gasteiger partial charge in [-0.2, -0.15) is 0 Å². The Bertz CT molecular complexity index is 377. The van der Waals surface area contributed by atoms with Crippen molar-refractivity contribution < 1.29 is 14.6 Å². The standard InChI is InChI=1S/C11H16N2O3/c1-8-4-5-9(11(14)15)10(12-8)16-7-6-13(2)3/h4-5H,6-7H2,1-3H3,(H,14,15). The number of carboxylic acid groups (broad SMARTS) is 1. The summed E-state index contributed by atoms with van der Waals surface area (Å²) in [4.78, 5) is 16.9. The second-order valence-corrected chi connectivity index (χ2v) is 3.76. The number of hydrogen-bond acceptors (Lipinski definition) is 4. The van der Waals surface area contributed by atoms with Gasteiger partial charge in [-0.05, 0) is 33.2 Å². The van der Waals surface area contributed by atoms with Gasteiger partial charge in [0, 0.05) is 12.2 Å². The van der Waals surface area contributed by atoms with Gasteiger partial charge in [0.25, 0.3) is 0 Å². The normalized spacial score (nSPS) is 10.5. The van der Waals surface area contributed by atoms with Crippen LogP contribution in [0, 0.1) is 6.92 Å². The average molecular weight is 224 g/mol. The number of rotatable bonds is 5. The lowest BCUT2D eigenvalue weighted by Gasteiger charge is -2.12. The maximum absolute atomic E-state index is 10.9. The summed E-state index contributed by atoms with van der Waals surface area (Å²) in [5.41, 5.74) is 0.842. The molecule has 0 amide bonds. The molecule has 0 aliphatic heterocycles. The maximum atomic E-state index is 10.9. The summed E-state index contributed by atoms with van der Waals surface area (Å²) in [7, 11) is 3.84. The Balaban J connectivity index is 2.76. The lowest BCUT2D eigenvalue weighted by atomic mass is 10.2. The van der Waals surface area contributed by atoms with Crippen LogP contribution in [0.1, 0.15) is 16.1 Å². The van der Waals surface area contributed by atoms with E-state index in [4.69, 9.17) is 9.84 Å². The van der Waals surface area contributed by atoms with E-state index < -0.39 is 5.97 Å². The Morgan fingerprint density at radius 1 is 1.50 bits per heavy atom. The van der Waals surface area contributed by atoms with Crippen LogP contribution in [-0.2, 0) is 0 Å². The summed E-state index contributed by atoms with van der Waals surface area (Å²) >= 11 is 0.